The second kappa shape index (κ2) is 8.19. The Bertz CT molecular complexity index is 1020. The first kappa shape index (κ1) is 18.7. The average Bonchev–Trinajstić information content (AvgIpc) is 3.08. The fourth-order valence-corrected chi connectivity index (χ4v) is 3.67. The zero-order chi connectivity index (χ0) is 20.2. The number of rotatable bonds is 4. The monoisotopic (exact) mass is 385 g/mol. The third kappa shape index (κ3) is 4.14. The molecule has 146 valence electrons. The van der Waals surface area contributed by atoms with Crippen molar-refractivity contribution in [2.24, 2.45) is 0 Å². The second-order valence-corrected chi connectivity index (χ2v) is 7.23. The lowest BCUT2D eigenvalue weighted by molar-refractivity contribution is 0.0981. The van der Waals surface area contributed by atoms with Crippen molar-refractivity contribution in [1.29, 1.82) is 0 Å². The molecule has 0 aliphatic carbocycles. The third-order valence-electron chi connectivity index (χ3n) is 5.09. The van der Waals surface area contributed by atoms with E-state index in [-0.39, 0.29) is 18.0 Å². The van der Waals surface area contributed by atoms with E-state index in [1.807, 2.05) is 77.7 Å². The van der Waals surface area contributed by atoms with Gasteiger partial charge in [0, 0.05) is 29.5 Å². The van der Waals surface area contributed by atoms with Crippen LogP contribution in [0.5, 0.6) is 0 Å². The molecule has 0 aromatic heterocycles. The molecular formula is C24H23N3O2. The van der Waals surface area contributed by atoms with Gasteiger partial charge >= 0.3 is 6.03 Å². The molecule has 0 saturated carbocycles. The van der Waals surface area contributed by atoms with E-state index in [0.717, 1.165) is 28.9 Å². The maximum atomic E-state index is 13.0. The van der Waals surface area contributed by atoms with Crippen molar-refractivity contribution in [2.75, 3.05) is 10.2 Å². The Morgan fingerprint density at radius 1 is 0.966 bits per heavy atom. The lowest BCUT2D eigenvalue weighted by Crippen LogP contribution is -2.35. The minimum atomic E-state index is -0.262. The quantitative estimate of drug-likeness (QED) is 0.689. The summed E-state index contributed by atoms with van der Waals surface area (Å²) in [7, 11) is 0. The lowest BCUT2D eigenvalue weighted by atomic mass is 10.1. The normalized spacial score (nSPS) is 14.9. The highest BCUT2D eigenvalue weighted by atomic mass is 16.2. The smallest absolute Gasteiger partial charge is 0.319 e. The molecule has 1 unspecified atom stereocenters. The third-order valence-corrected chi connectivity index (χ3v) is 5.09. The molecule has 0 spiro atoms. The number of nitrogens with one attached hydrogen (secondary N) is 2. The van der Waals surface area contributed by atoms with Crippen molar-refractivity contribution in [1.82, 2.24) is 5.32 Å². The predicted octanol–water partition coefficient (Wildman–Crippen LogP) is 4.60. The molecule has 1 heterocycles. The number of carbonyl (C=O) groups excluding carboxylic acids is 2. The molecule has 5 heteroatoms. The zero-order valence-electron chi connectivity index (χ0n) is 16.3. The summed E-state index contributed by atoms with van der Waals surface area (Å²) < 4.78 is 0. The molecule has 1 aliphatic rings. The summed E-state index contributed by atoms with van der Waals surface area (Å²) in [5, 5.41) is 5.68. The number of anilines is 2. The van der Waals surface area contributed by atoms with Gasteiger partial charge in [-0.2, -0.15) is 0 Å². The molecule has 1 aliphatic heterocycles. The number of para-hydroxylation sites is 1. The SMILES string of the molecule is CC1Cc2ccc(CNC(=O)Nc3ccccc3)cc2N1C(=O)c1ccccc1. The standard InChI is InChI=1S/C24H23N3O2/c1-17-14-20-13-12-18(16-25-24(29)26-21-10-6-3-7-11-21)15-22(20)27(17)23(28)19-8-4-2-5-9-19/h2-13,15,17H,14,16H2,1H3,(H2,25,26,29). The van der Waals surface area contributed by atoms with Gasteiger partial charge in [0.15, 0.2) is 0 Å². The molecule has 3 amide bonds. The van der Waals surface area contributed by atoms with E-state index in [4.69, 9.17) is 0 Å². The molecule has 0 radical (unpaired) electrons. The number of hydrogen-bond acceptors (Lipinski definition) is 2. The summed E-state index contributed by atoms with van der Waals surface area (Å²) in [5.74, 6) is 0.00350. The zero-order valence-corrected chi connectivity index (χ0v) is 16.3. The van der Waals surface area contributed by atoms with Crippen LogP contribution in [-0.4, -0.2) is 18.0 Å². The molecule has 4 rings (SSSR count). The number of hydrogen-bond donors (Lipinski definition) is 2. The minimum Gasteiger partial charge on any atom is -0.334 e. The van der Waals surface area contributed by atoms with Gasteiger partial charge in [-0.15, -0.1) is 0 Å². The van der Waals surface area contributed by atoms with Crippen molar-refractivity contribution < 1.29 is 9.59 Å². The topological polar surface area (TPSA) is 61.4 Å². The van der Waals surface area contributed by atoms with Crippen LogP contribution in [0.25, 0.3) is 0 Å². The van der Waals surface area contributed by atoms with Gasteiger partial charge in [-0.3, -0.25) is 4.79 Å². The van der Waals surface area contributed by atoms with Crippen LogP contribution in [0.2, 0.25) is 0 Å². The Morgan fingerprint density at radius 2 is 1.66 bits per heavy atom. The summed E-state index contributed by atoms with van der Waals surface area (Å²) in [6.07, 6.45) is 0.829. The first-order valence-corrected chi connectivity index (χ1v) is 9.72. The van der Waals surface area contributed by atoms with Gasteiger partial charge in [-0.05, 0) is 54.8 Å². The van der Waals surface area contributed by atoms with Crippen LogP contribution in [0, 0.1) is 0 Å². The Balaban J connectivity index is 1.47. The van der Waals surface area contributed by atoms with Gasteiger partial charge in [0.1, 0.15) is 0 Å². The predicted molar refractivity (Wildman–Crippen MR) is 115 cm³/mol. The first-order valence-electron chi connectivity index (χ1n) is 9.72. The Hall–Kier alpha value is -3.60. The minimum absolute atomic E-state index is 0.00350. The summed E-state index contributed by atoms with van der Waals surface area (Å²) in [4.78, 5) is 27.0. The molecule has 5 nitrogen and oxygen atoms in total. The van der Waals surface area contributed by atoms with E-state index < -0.39 is 0 Å². The maximum Gasteiger partial charge on any atom is 0.319 e. The van der Waals surface area contributed by atoms with E-state index in [9.17, 15) is 9.59 Å². The van der Waals surface area contributed by atoms with Gasteiger partial charge in [-0.25, -0.2) is 4.79 Å². The van der Waals surface area contributed by atoms with Crippen LogP contribution in [0.3, 0.4) is 0 Å². The average molecular weight is 385 g/mol. The van der Waals surface area contributed by atoms with Crippen LogP contribution in [0.15, 0.2) is 78.9 Å². The maximum absolute atomic E-state index is 13.0. The summed E-state index contributed by atoms with van der Waals surface area (Å²) >= 11 is 0. The van der Waals surface area contributed by atoms with E-state index in [2.05, 4.69) is 23.6 Å². The summed E-state index contributed by atoms with van der Waals surface area (Å²) in [5.41, 5.74) is 4.45. The van der Waals surface area contributed by atoms with Crippen LogP contribution in [-0.2, 0) is 13.0 Å². The van der Waals surface area contributed by atoms with E-state index in [1.165, 1.54) is 0 Å². The molecule has 0 bridgehead atoms. The van der Waals surface area contributed by atoms with E-state index in [1.54, 1.807) is 0 Å². The highest BCUT2D eigenvalue weighted by Gasteiger charge is 2.31. The van der Waals surface area contributed by atoms with Crippen LogP contribution in [0.1, 0.15) is 28.4 Å². The Morgan fingerprint density at radius 3 is 2.38 bits per heavy atom. The van der Waals surface area contributed by atoms with Crippen LogP contribution in [0.4, 0.5) is 16.2 Å². The van der Waals surface area contributed by atoms with Gasteiger partial charge < -0.3 is 15.5 Å². The number of carbonyl (C=O) groups is 2. The lowest BCUT2D eigenvalue weighted by Gasteiger charge is -2.23. The van der Waals surface area contributed by atoms with Gasteiger partial charge in [0.05, 0.1) is 0 Å². The molecule has 1 atom stereocenters. The van der Waals surface area contributed by atoms with Gasteiger partial charge in [0.2, 0.25) is 0 Å². The molecular weight excluding hydrogens is 362 g/mol. The molecule has 2 N–H and O–H groups in total. The number of benzene rings is 3. The van der Waals surface area contributed by atoms with Crippen molar-refractivity contribution in [3.05, 3.63) is 95.6 Å². The van der Waals surface area contributed by atoms with E-state index in [0.29, 0.717) is 12.1 Å². The number of nitrogens with zero attached hydrogens (tertiary/aromatic N) is 1. The van der Waals surface area contributed by atoms with Crippen LogP contribution >= 0.6 is 0 Å². The number of amides is 3. The Kier molecular flexibility index (Phi) is 5.29. The fourth-order valence-electron chi connectivity index (χ4n) is 3.67. The second-order valence-electron chi connectivity index (χ2n) is 7.23. The molecule has 3 aromatic carbocycles. The summed E-state index contributed by atoms with van der Waals surface area (Å²) in [6, 6.07) is 24.5. The van der Waals surface area contributed by atoms with E-state index >= 15 is 0 Å². The molecule has 3 aromatic rings. The molecule has 29 heavy (non-hydrogen) atoms. The van der Waals surface area contributed by atoms with Crippen molar-refractivity contribution >= 4 is 23.3 Å². The number of fused-ring (bicyclic) bond motifs is 1. The van der Waals surface area contributed by atoms with Crippen molar-refractivity contribution in [2.45, 2.75) is 25.9 Å². The fraction of sp³-hybridized carbons (Fsp3) is 0.167. The molecule has 0 saturated heterocycles. The highest BCUT2D eigenvalue weighted by Crippen LogP contribution is 2.34. The largest absolute Gasteiger partial charge is 0.334 e. The highest BCUT2D eigenvalue weighted by molar-refractivity contribution is 6.07. The first-order chi connectivity index (χ1) is 14.1. The summed E-state index contributed by atoms with van der Waals surface area (Å²) in [6.45, 7) is 2.44. The number of urea groups is 1. The van der Waals surface area contributed by atoms with Gasteiger partial charge in [-0.1, -0.05) is 48.5 Å². The van der Waals surface area contributed by atoms with Crippen molar-refractivity contribution in [3.8, 4) is 0 Å². The molecule has 0 fully saturated rings. The van der Waals surface area contributed by atoms with Crippen molar-refractivity contribution in [3.63, 3.8) is 0 Å². The van der Waals surface area contributed by atoms with Gasteiger partial charge in [0.25, 0.3) is 5.91 Å². The Labute approximate surface area is 170 Å². The van der Waals surface area contributed by atoms with Crippen LogP contribution < -0.4 is 15.5 Å².